The molecule has 0 N–H and O–H groups in total. The van der Waals surface area contributed by atoms with Crippen molar-refractivity contribution in [2.24, 2.45) is 7.05 Å². The minimum Gasteiger partial charge on any atom is -0.318 e. The van der Waals surface area contributed by atoms with E-state index in [9.17, 15) is 4.79 Å². The first-order valence-corrected chi connectivity index (χ1v) is 5.44. The largest absolute Gasteiger partial charge is 0.318 e. The fourth-order valence-corrected chi connectivity index (χ4v) is 2.04. The third-order valence-corrected chi connectivity index (χ3v) is 3.08. The Bertz CT molecular complexity index is 391. The molecule has 0 atom stereocenters. The molecule has 15 heavy (non-hydrogen) atoms. The van der Waals surface area contributed by atoms with Crippen molar-refractivity contribution in [3.05, 3.63) is 40.3 Å². The summed E-state index contributed by atoms with van der Waals surface area (Å²) in [5, 5.41) is 0. The van der Waals surface area contributed by atoms with Crippen molar-refractivity contribution in [1.29, 1.82) is 0 Å². The van der Waals surface area contributed by atoms with Gasteiger partial charge in [0, 0.05) is 19.3 Å². The van der Waals surface area contributed by atoms with Gasteiger partial charge in [-0.1, -0.05) is 6.07 Å². The van der Waals surface area contributed by atoms with Crippen LogP contribution in [-0.2, 0) is 7.05 Å². The van der Waals surface area contributed by atoms with E-state index >= 15 is 0 Å². The highest BCUT2D eigenvalue weighted by atomic mass is 16.1. The molecule has 0 spiro atoms. The summed E-state index contributed by atoms with van der Waals surface area (Å²) < 4.78 is 1.63. The summed E-state index contributed by atoms with van der Waals surface area (Å²) in [6.45, 7) is 4.43. The SMILES string of the molecule is C[C](c1ccc(=O)n(C)c1)N1CCCC1. The van der Waals surface area contributed by atoms with Gasteiger partial charge >= 0.3 is 0 Å². The molecule has 2 heterocycles. The van der Waals surface area contributed by atoms with Crippen LogP contribution in [0.2, 0.25) is 0 Å². The normalized spacial score (nSPS) is 17.5. The number of aryl methyl sites for hydroxylation is 1. The average Bonchev–Trinajstić information content (AvgIpc) is 2.74. The van der Waals surface area contributed by atoms with Gasteiger partial charge < -0.3 is 4.57 Å². The number of rotatable bonds is 2. The molecule has 1 fully saturated rings. The standard InChI is InChI=1S/C12H17N2O/c1-10(14-7-3-4-8-14)11-5-6-12(15)13(2)9-11/h5-6,9H,3-4,7-8H2,1-2H3. The fraction of sp³-hybridized carbons (Fsp3) is 0.500. The lowest BCUT2D eigenvalue weighted by Gasteiger charge is -2.23. The lowest BCUT2D eigenvalue weighted by atomic mass is 10.1. The molecule has 81 valence electrons. The van der Waals surface area contributed by atoms with Crippen LogP contribution >= 0.6 is 0 Å². The van der Waals surface area contributed by atoms with Gasteiger partial charge in [0.1, 0.15) is 0 Å². The van der Waals surface area contributed by atoms with E-state index in [2.05, 4.69) is 11.8 Å². The van der Waals surface area contributed by atoms with Crippen LogP contribution in [0.15, 0.2) is 23.1 Å². The van der Waals surface area contributed by atoms with Crippen molar-refractivity contribution >= 4 is 0 Å². The first-order valence-electron chi connectivity index (χ1n) is 5.44. The molecular formula is C12H17N2O. The molecular weight excluding hydrogens is 188 g/mol. The van der Waals surface area contributed by atoms with Gasteiger partial charge in [0.05, 0.1) is 6.04 Å². The monoisotopic (exact) mass is 205 g/mol. The molecule has 1 aliphatic heterocycles. The quantitative estimate of drug-likeness (QED) is 0.729. The Morgan fingerprint density at radius 3 is 2.53 bits per heavy atom. The molecule has 1 aromatic heterocycles. The van der Waals surface area contributed by atoms with Gasteiger partial charge in [-0.15, -0.1) is 0 Å². The second-order valence-corrected chi connectivity index (χ2v) is 4.15. The molecule has 1 saturated heterocycles. The number of pyridine rings is 1. The van der Waals surface area contributed by atoms with E-state index in [0.717, 1.165) is 18.7 Å². The van der Waals surface area contributed by atoms with Gasteiger partial charge in [0.25, 0.3) is 0 Å². The number of nitrogens with zero attached hydrogens (tertiary/aromatic N) is 2. The highest BCUT2D eigenvalue weighted by molar-refractivity contribution is 5.25. The average molecular weight is 205 g/mol. The Kier molecular flexibility index (Phi) is 2.91. The van der Waals surface area contributed by atoms with Crippen molar-refractivity contribution in [1.82, 2.24) is 9.47 Å². The lowest BCUT2D eigenvalue weighted by molar-refractivity contribution is 0.374. The maximum atomic E-state index is 11.3. The summed E-state index contributed by atoms with van der Waals surface area (Å²) >= 11 is 0. The van der Waals surface area contributed by atoms with Gasteiger partial charge in [-0.3, -0.25) is 9.69 Å². The van der Waals surface area contributed by atoms with Crippen LogP contribution in [0.5, 0.6) is 0 Å². The number of aromatic nitrogens is 1. The molecule has 0 amide bonds. The second-order valence-electron chi connectivity index (χ2n) is 4.15. The van der Waals surface area contributed by atoms with Gasteiger partial charge in [-0.2, -0.15) is 0 Å². The Balaban J connectivity index is 2.21. The predicted molar refractivity (Wildman–Crippen MR) is 60.5 cm³/mol. The molecule has 0 bridgehead atoms. The molecule has 1 radical (unpaired) electrons. The Hall–Kier alpha value is -1.09. The van der Waals surface area contributed by atoms with E-state index in [-0.39, 0.29) is 5.56 Å². The maximum absolute atomic E-state index is 11.3. The van der Waals surface area contributed by atoms with Gasteiger partial charge in [0.15, 0.2) is 0 Å². The number of hydrogen-bond donors (Lipinski definition) is 0. The molecule has 1 aliphatic rings. The molecule has 0 aromatic carbocycles. The predicted octanol–water partition coefficient (Wildman–Crippen LogP) is 1.38. The van der Waals surface area contributed by atoms with E-state index in [1.165, 1.54) is 18.9 Å². The molecule has 0 saturated carbocycles. The topological polar surface area (TPSA) is 25.2 Å². The number of hydrogen-bond acceptors (Lipinski definition) is 2. The Labute approximate surface area is 90.3 Å². The van der Waals surface area contributed by atoms with Crippen molar-refractivity contribution < 1.29 is 0 Å². The van der Waals surface area contributed by atoms with Crippen molar-refractivity contribution in [2.75, 3.05) is 13.1 Å². The highest BCUT2D eigenvalue weighted by Gasteiger charge is 2.20. The Morgan fingerprint density at radius 2 is 1.93 bits per heavy atom. The smallest absolute Gasteiger partial charge is 0.250 e. The van der Waals surface area contributed by atoms with Crippen molar-refractivity contribution in [3.63, 3.8) is 0 Å². The molecule has 3 nitrogen and oxygen atoms in total. The van der Waals surface area contributed by atoms with E-state index in [1.807, 2.05) is 12.3 Å². The summed E-state index contributed by atoms with van der Waals surface area (Å²) in [7, 11) is 1.79. The minimum atomic E-state index is 0.0490. The first-order chi connectivity index (χ1) is 7.18. The second kappa shape index (κ2) is 4.19. The summed E-state index contributed by atoms with van der Waals surface area (Å²) in [5.74, 6) is 0. The molecule has 2 rings (SSSR count). The molecule has 0 aliphatic carbocycles. The van der Waals surface area contributed by atoms with Gasteiger partial charge in [0.2, 0.25) is 5.56 Å². The minimum absolute atomic E-state index is 0.0490. The maximum Gasteiger partial charge on any atom is 0.250 e. The van der Waals surface area contributed by atoms with E-state index < -0.39 is 0 Å². The fourth-order valence-electron chi connectivity index (χ4n) is 2.04. The van der Waals surface area contributed by atoms with E-state index in [0.29, 0.717) is 0 Å². The molecule has 3 heteroatoms. The van der Waals surface area contributed by atoms with Crippen molar-refractivity contribution in [3.8, 4) is 0 Å². The van der Waals surface area contributed by atoms with Gasteiger partial charge in [-0.05, 0) is 38.4 Å². The first kappa shape index (κ1) is 10.4. The third kappa shape index (κ3) is 2.12. The number of likely N-dealkylation sites (tertiary alicyclic amines) is 1. The van der Waals surface area contributed by atoms with Crippen LogP contribution in [0.4, 0.5) is 0 Å². The van der Waals surface area contributed by atoms with Crippen LogP contribution in [0.1, 0.15) is 25.3 Å². The highest BCUT2D eigenvalue weighted by Crippen LogP contribution is 2.22. The zero-order valence-corrected chi connectivity index (χ0v) is 9.36. The summed E-state index contributed by atoms with van der Waals surface area (Å²) in [6, 6.07) is 4.83. The van der Waals surface area contributed by atoms with Crippen LogP contribution in [0.3, 0.4) is 0 Å². The zero-order chi connectivity index (χ0) is 10.8. The summed E-state index contributed by atoms with van der Waals surface area (Å²) in [5.41, 5.74) is 1.20. The Morgan fingerprint density at radius 1 is 1.27 bits per heavy atom. The summed E-state index contributed by atoms with van der Waals surface area (Å²) in [4.78, 5) is 13.6. The van der Waals surface area contributed by atoms with Crippen LogP contribution < -0.4 is 5.56 Å². The lowest BCUT2D eigenvalue weighted by Crippen LogP contribution is -2.25. The molecule has 0 unspecified atom stereocenters. The van der Waals surface area contributed by atoms with E-state index in [1.54, 1.807) is 17.7 Å². The summed E-state index contributed by atoms with van der Waals surface area (Å²) in [6.07, 6.45) is 4.47. The van der Waals surface area contributed by atoms with Gasteiger partial charge in [-0.25, -0.2) is 0 Å². The zero-order valence-electron chi connectivity index (χ0n) is 9.36. The third-order valence-electron chi connectivity index (χ3n) is 3.08. The van der Waals surface area contributed by atoms with E-state index in [4.69, 9.17) is 0 Å². The van der Waals surface area contributed by atoms with Crippen molar-refractivity contribution in [2.45, 2.75) is 19.8 Å². The van der Waals surface area contributed by atoms with Crippen LogP contribution in [-0.4, -0.2) is 22.6 Å². The molecule has 1 aromatic rings. The van der Waals surface area contributed by atoms with Crippen LogP contribution in [0, 0.1) is 6.04 Å². The van der Waals surface area contributed by atoms with Crippen LogP contribution in [0.25, 0.3) is 0 Å².